The molecule has 0 radical (unpaired) electrons. The van der Waals surface area contributed by atoms with E-state index in [4.69, 9.17) is 5.11 Å². The normalized spacial score (nSPS) is 10.7. The molecule has 0 spiro atoms. The fraction of sp³-hybridized carbons (Fsp3) is 0. The third-order valence-electron chi connectivity index (χ3n) is 2.49. The van der Waals surface area contributed by atoms with Crippen molar-refractivity contribution in [2.24, 2.45) is 5.10 Å². The largest absolute Gasteiger partial charge is 0.508 e. The van der Waals surface area contributed by atoms with Gasteiger partial charge in [0.2, 0.25) is 0 Å². The number of rotatable bonds is 3. The molecule has 0 heterocycles. The van der Waals surface area contributed by atoms with Crippen LogP contribution in [0.15, 0.2) is 47.6 Å². The molecule has 5 nitrogen and oxygen atoms in total. The van der Waals surface area contributed by atoms with Crippen LogP contribution >= 0.6 is 0 Å². The third-order valence-corrected chi connectivity index (χ3v) is 2.49. The van der Waals surface area contributed by atoms with E-state index in [1.165, 1.54) is 42.6 Å². The first-order valence-electron chi connectivity index (χ1n) is 5.67. The third kappa shape index (κ3) is 3.32. The Balaban J connectivity index is 2.02. The number of phenolic OH excluding ortho intramolecular Hbond substituents is 2. The first-order chi connectivity index (χ1) is 9.56. The van der Waals surface area contributed by atoms with Gasteiger partial charge in [-0.05, 0) is 36.4 Å². The maximum Gasteiger partial charge on any atom is 0.271 e. The molecule has 6 heteroatoms. The van der Waals surface area contributed by atoms with Gasteiger partial charge in [0.25, 0.3) is 5.91 Å². The minimum Gasteiger partial charge on any atom is -0.508 e. The summed E-state index contributed by atoms with van der Waals surface area (Å²) in [4.78, 5) is 11.6. The highest BCUT2D eigenvalue weighted by atomic mass is 19.1. The van der Waals surface area contributed by atoms with Crippen LogP contribution in [0.5, 0.6) is 11.5 Å². The Kier molecular flexibility index (Phi) is 3.95. The Morgan fingerprint density at radius 1 is 1.15 bits per heavy atom. The van der Waals surface area contributed by atoms with Crippen LogP contribution in [0.2, 0.25) is 0 Å². The smallest absolute Gasteiger partial charge is 0.271 e. The topological polar surface area (TPSA) is 81.9 Å². The number of benzene rings is 2. The highest BCUT2D eigenvalue weighted by Gasteiger charge is 2.04. The number of amides is 1. The highest BCUT2D eigenvalue weighted by molar-refractivity contribution is 5.95. The number of carbonyl (C=O) groups is 1. The Bertz CT molecular complexity index is 654. The molecule has 2 aromatic carbocycles. The van der Waals surface area contributed by atoms with E-state index < -0.39 is 11.7 Å². The summed E-state index contributed by atoms with van der Waals surface area (Å²) in [7, 11) is 0. The molecular formula is C14H11FN2O3. The second-order valence-corrected chi connectivity index (χ2v) is 3.95. The van der Waals surface area contributed by atoms with Gasteiger partial charge >= 0.3 is 0 Å². The molecule has 0 saturated heterocycles. The summed E-state index contributed by atoms with van der Waals surface area (Å²) < 4.78 is 12.7. The quantitative estimate of drug-likeness (QED) is 0.591. The summed E-state index contributed by atoms with van der Waals surface area (Å²) in [5, 5.41) is 22.3. The van der Waals surface area contributed by atoms with Crippen molar-refractivity contribution in [2.75, 3.05) is 0 Å². The monoisotopic (exact) mass is 274 g/mol. The summed E-state index contributed by atoms with van der Waals surface area (Å²) in [6, 6.07) is 8.98. The molecule has 3 N–H and O–H groups in total. The number of aromatic hydroxyl groups is 2. The van der Waals surface area contributed by atoms with Crippen LogP contribution in [0.4, 0.5) is 4.39 Å². The van der Waals surface area contributed by atoms with E-state index in [-0.39, 0.29) is 17.1 Å². The second-order valence-electron chi connectivity index (χ2n) is 3.95. The summed E-state index contributed by atoms with van der Waals surface area (Å²) in [6.45, 7) is 0. The van der Waals surface area contributed by atoms with E-state index in [1.54, 1.807) is 0 Å². The lowest BCUT2D eigenvalue weighted by Gasteiger charge is -2.01. The molecule has 0 aliphatic rings. The van der Waals surface area contributed by atoms with E-state index in [1.807, 2.05) is 0 Å². The van der Waals surface area contributed by atoms with Gasteiger partial charge in [-0.1, -0.05) is 0 Å². The summed E-state index contributed by atoms with van der Waals surface area (Å²) in [5.41, 5.74) is 2.84. The Morgan fingerprint density at radius 2 is 1.85 bits per heavy atom. The van der Waals surface area contributed by atoms with Crippen LogP contribution < -0.4 is 5.43 Å². The van der Waals surface area contributed by atoms with Crippen molar-refractivity contribution in [1.29, 1.82) is 0 Å². The molecule has 0 fully saturated rings. The Morgan fingerprint density at radius 3 is 2.50 bits per heavy atom. The average molecular weight is 274 g/mol. The Hall–Kier alpha value is -2.89. The highest BCUT2D eigenvalue weighted by Crippen LogP contribution is 2.20. The molecule has 0 aliphatic carbocycles. The van der Waals surface area contributed by atoms with Gasteiger partial charge in [0.15, 0.2) is 0 Å². The molecule has 0 unspecified atom stereocenters. The van der Waals surface area contributed by atoms with Gasteiger partial charge in [0.1, 0.15) is 17.3 Å². The fourth-order valence-electron chi connectivity index (χ4n) is 1.47. The van der Waals surface area contributed by atoms with Crippen LogP contribution in [-0.4, -0.2) is 22.3 Å². The van der Waals surface area contributed by atoms with Gasteiger partial charge in [0, 0.05) is 17.2 Å². The fourth-order valence-corrected chi connectivity index (χ4v) is 1.47. The molecule has 0 aliphatic heterocycles. The van der Waals surface area contributed by atoms with E-state index >= 15 is 0 Å². The molecular weight excluding hydrogens is 263 g/mol. The zero-order valence-electron chi connectivity index (χ0n) is 10.2. The predicted octanol–water partition coefficient (Wildman–Crippen LogP) is 2.00. The standard InChI is InChI=1S/C14H11FN2O3/c15-11-4-1-9(2-5-11)14(20)17-16-8-10-3-6-12(18)7-13(10)19/h1-8,18-19H,(H,17,20)/b16-8+. The van der Waals surface area contributed by atoms with Crippen molar-refractivity contribution < 1.29 is 19.4 Å². The van der Waals surface area contributed by atoms with Crippen molar-refractivity contribution in [3.05, 3.63) is 59.4 Å². The van der Waals surface area contributed by atoms with Gasteiger partial charge in [0.05, 0.1) is 6.21 Å². The molecule has 0 aromatic heterocycles. The van der Waals surface area contributed by atoms with Gasteiger partial charge < -0.3 is 10.2 Å². The number of hydrogen-bond donors (Lipinski definition) is 3. The van der Waals surface area contributed by atoms with Crippen molar-refractivity contribution >= 4 is 12.1 Å². The van der Waals surface area contributed by atoms with Crippen LogP contribution in [0, 0.1) is 5.82 Å². The lowest BCUT2D eigenvalue weighted by molar-refractivity contribution is 0.0955. The van der Waals surface area contributed by atoms with Gasteiger partial charge in [-0.15, -0.1) is 0 Å². The van der Waals surface area contributed by atoms with Crippen LogP contribution in [0.1, 0.15) is 15.9 Å². The number of halogens is 1. The van der Waals surface area contributed by atoms with Crippen LogP contribution in [-0.2, 0) is 0 Å². The van der Waals surface area contributed by atoms with E-state index in [0.717, 1.165) is 6.07 Å². The van der Waals surface area contributed by atoms with Crippen molar-refractivity contribution in [1.82, 2.24) is 5.43 Å². The van der Waals surface area contributed by atoms with E-state index in [2.05, 4.69) is 10.5 Å². The van der Waals surface area contributed by atoms with Crippen molar-refractivity contribution in [3.8, 4) is 11.5 Å². The first-order valence-corrected chi connectivity index (χ1v) is 5.67. The summed E-state index contributed by atoms with van der Waals surface area (Å²) in [6.07, 6.45) is 1.23. The zero-order valence-corrected chi connectivity index (χ0v) is 10.2. The lowest BCUT2D eigenvalue weighted by atomic mass is 10.2. The van der Waals surface area contributed by atoms with Gasteiger partial charge in [-0.3, -0.25) is 4.79 Å². The summed E-state index contributed by atoms with van der Waals surface area (Å²) in [5.74, 6) is -1.17. The molecule has 0 saturated carbocycles. The van der Waals surface area contributed by atoms with Gasteiger partial charge in [-0.25, -0.2) is 9.82 Å². The van der Waals surface area contributed by atoms with Crippen LogP contribution in [0.25, 0.3) is 0 Å². The molecule has 0 atom stereocenters. The second kappa shape index (κ2) is 5.83. The zero-order chi connectivity index (χ0) is 14.5. The number of carbonyl (C=O) groups excluding carboxylic acids is 1. The maximum absolute atomic E-state index is 12.7. The van der Waals surface area contributed by atoms with Crippen molar-refractivity contribution in [2.45, 2.75) is 0 Å². The number of nitrogens with one attached hydrogen (secondary N) is 1. The SMILES string of the molecule is O=C(N/N=C/c1ccc(O)cc1O)c1ccc(F)cc1. The number of hydrazone groups is 1. The van der Waals surface area contributed by atoms with Gasteiger partial charge in [-0.2, -0.15) is 5.10 Å². The number of nitrogens with zero attached hydrogens (tertiary/aromatic N) is 1. The predicted molar refractivity (Wildman–Crippen MR) is 71.2 cm³/mol. The van der Waals surface area contributed by atoms with Crippen molar-refractivity contribution in [3.63, 3.8) is 0 Å². The number of phenols is 2. The minimum absolute atomic E-state index is 0.0741. The average Bonchev–Trinajstić information content (AvgIpc) is 2.42. The maximum atomic E-state index is 12.7. The first kappa shape index (κ1) is 13.5. The van der Waals surface area contributed by atoms with Crippen LogP contribution in [0.3, 0.4) is 0 Å². The molecule has 0 bridgehead atoms. The Labute approximate surface area is 114 Å². The van der Waals surface area contributed by atoms with E-state index in [0.29, 0.717) is 5.56 Å². The summed E-state index contributed by atoms with van der Waals surface area (Å²) >= 11 is 0. The molecule has 1 amide bonds. The molecule has 2 rings (SSSR count). The molecule has 102 valence electrons. The number of hydrogen-bond acceptors (Lipinski definition) is 4. The lowest BCUT2D eigenvalue weighted by Crippen LogP contribution is -2.17. The molecule has 20 heavy (non-hydrogen) atoms. The minimum atomic E-state index is -0.500. The van der Waals surface area contributed by atoms with E-state index in [9.17, 15) is 14.3 Å². The molecule has 2 aromatic rings.